The molecule has 0 aromatic heterocycles. The van der Waals surface area contributed by atoms with Crippen molar-refractivity contribution in [3.8, 4) is 0 Å². The number of hydrogen-bond acceptors (Lipinski definition) is 7. The summed E-state index contributed by atoms with van der Waals surface area (Å²) in [6, 6.07) is -3.64. The molecule has 1 fully saturated rings. The number of aliphatic imine (C=N–C) groups is 1. The van der Waals surface area contributed by atoms with Gasteiger partial charge >= 0.3 is 5.97 Å². The third kappa shape index (κ3) is 10.1. The second kappa shape index (κ2) is 15.1. The summed E-state index contributed by atoms with van der Waals surface area (Å²) in [4.78, 5) is 55.7. The van der Waals surface area contributed by atoms with Crippen LogP contribution < -0.4 is 33.6 Å². The number of carboxylic acids is 1. The highest BCUT2D eigenvalue weighted by molar-refractivity contribution is 5.94. The zero-order valence-electron chi connectivity index (χ0n) is 20.7. The Labute approximate surface area is 206 Å². The van der Waals surface area contributed by atoms with E-state index in [9.17, 15) is 24.3 Å². The molecule has 13 heteroatoms. The van der Waals surface area contributed by atoms with Crippen molar-refractivity contribution >= 4 is 29.7 Å². The van der Waals surface area contributed by atoms with Crippen LogP contribution in [-0.4, -0.2) is 83.5 Å². The molecule has 0 radical (unpaired) electrons. The molecule has 1 aliphatic heterocycles. The Morgan fingerprint density at radius 1 is 1.06 bits per heavy atom. The van der Waals surface area contributed by atoms with Gasteiger partial charge in [-0.3, -0.25) is 19.4 Å². The third-order valence-corrected chi connectivity index (χ3v) is 5.94. The molecule has 1 saturated heterocycles. The lowest BCUT2D eigenvalue weighted by Crippen LogP contribution is -2.58. The number of carboxylic acid groups (broad SMARTS) is 1. The molecule has 0 spiro atoms. The molecule has 0 saturated carbocycles. The Kier molecular flexibility index (Phi) is 13.0. The van der Waals surface area contributed by atoms with Gasteiger partial charge in [0.25, 0.3) is 0 Å². The first-order valence-corrected chi connectivity index (χ1v) is 12.1. The molecule has 13 nitrogen and oxygen atoms in total. The van der Waals surface area contributed by atoms with Gasteiger partial charge in [0.2, 0.25) is 17.7 Å². The molecule has 4 atom stereocenters. The fourth-order valence-electron chi connectivity index (χ4n) is 3.92. The molecule has 1 rings (SSSR count). The molecule has 0 aromatic rings. The number of unbranched alkanes of at least 4 members (excludes halogenated alkanes) is 1. The average Bonchev–Trinajstić information content (AvgIpc) is 3.28. The van der Waals surface area contributed by atoms with Gasteiger partial charge in [0.15, 0.2) is 5.96 Å². The first-order chi connectivity index (χ1) is 16.5. The Bertz CT molecular complexity index is 756. The Balaban J connectivity index is 2.94. The zero-order chi connectivity index (χ0) is 26.5. The number of nitrogens with zero attached hydrogens (tertiary/aromatic N) is 2. The summed E-state index contributed by atoms with van der Waals surface area (Å²) >= 11 is 0. The summed E-state index contributed by atoms with van der Waals surface area (Å²) in [5.74, 6) is -2.96. The van der Waals surface area contributed by atoms with Crippen molar-refractivity contribution in [1.29, 1.82) is 0 Å². The van der Waals surface area contributed by atoms with Crippen LogP contribution >= 0.6 is 0 Å². The van der Waals surface area contributed by atoms with E-state index >= 15 is 0 Å². The van der Waals surface area contributed by atoms with E-state index in [0.717, 1.165) is 6.42 Å². The van der Waals surface area contributed by atoms with Gasteiger partial charge in [-0.2, -0.15) is 0 Å². The minimum absolute atomic E-state index is 0.0824. The van der Waals surface area contributed by atoms with Gasteiger partial charge in [0.1, 0.15) is 18.1 Å². The number of hydrogen-bond donors (Lipinski definition) is 7. The fourth-order valence-corrected chi connectivity index (χ4v) is 3.92. The molecule has 0 unspecified atom stereocenters. The Morgan fingerprint density at radius 3 is 2.31 bits per heavy atom. The molecular formula is C22H42N8O5. The van der Waals surface area contributed by atoms with Crippen molar-refractivity contribution in [1.82, 2.24) is 15.5 Å². The van der Waals surface area contributed by atoms with Crippen LogP contribution in [0.5, 0.6) is 0 Å². The second-order valence-corrected chi connectivity index (χ2v) is 9.16. The number of carbonyl (C=O) groups is 4. The number of carbonyl (C=O) groups excluding carboxylic acids is 3. The monoisotopic (exact) mass is 498 g/mol. The molecule has 35 heavy (non-hydrogen) atoms. The first kappa shape index (κ1) is 30.1. The fraction of sp³-hybridized carbons (Fsp3) is 0.773. The van der Waals surface area contributed by atoms with Crippen LogP contribution in [-0.2, 0) is 19.2 Å². The highest BCUT2D eigenvalue weighted by Gasteiger charge is 2.39. The van der Waals surface area contributed by atoms with Gasteiger partial charge in [0.05, 0.1) is 6.04 Å². The van der Waals surface area contributed by atoms with Crippen molar-refractivity contribution < 1.29 is 24.3 Å². The number of amides is 3. The summed E-state index contributed by atoms with van der Waals surface area (Å²) in [7, 11) is 0. The summed E-state index contributed by atoms with van der Waals surface area (Å²) in [5.41, 5.74) is 22.1. The van der Waals surface area contributed by atoms with Crippen LogP contribution in [0.25, 0.3) is 0 Å². The zero-order valence-corrected chi connectivity index (χ0v) is 20.7. The van der Waals surface area contributed by atoms with E-state index in [-0.39, 0.29) is 24.8 Å². The van der Waals surface area contributed by atoms with Crippen LogP contribution in [0.1, 0.15) is 58.8 Å². The lowest BCUT2D eigenvalue weighted by molar-refractivity contribution is -0.150. The van der Waals surface area contributed by atoms with E-state index < -0.39 is 47.9 Å². The number of nitrogens with two attached hydrogens (primary N) is 4. The normalized spacial score (nSPS) is 18.0. The van der Waals surface area contributed by atoms with E-state index in [2.05, 4.69) is 15.6 Å². The van der Waals surface area contributed by atoms with E-state index in [4.69, 9.17) is 22.9 Å². The van der Waals surface area contributed by atoms with Crippen molar-refractivity contribution in [2.24, 2.45) is 33.8 Å². The van der Waals surface area contributed by atoms with E-state index in [1.165, 1.54) is 4.90 Å². The van der Waals surface area contributed by atoms with Gasteiger partial charge in [-0.05, 0) is 51.0 Å². The standard InChI is InChI=1S/C22H42N8O5/c1-13(2)17(20(33)30-12-6-9-16(30)21(34)35)29-19(32)15(8-5-11-27-22(25)26)28-18(31)14(24)7-3-4-10-23/h13-17H,3-12,23-24H2,1-2H3,(H,28,31)(H,29,32)(H,34,35)(H4,25,26,27)/t14-,15-,16-,17-/m0/s1. The van der Waals surface area contributed by atoms with Gasteiger partial charge in [-0.25, -0.2) is 4.79 Å². The topological polar surface area (TPSA) is 232 Å². The van der Waals surface area contributed by atoms with Gasteiger partial charge in [0, 0.05) is 13.1 Å². The molecule has 3 amide bonds. The second-order valence-electron chi connectivity index (χ2n) is 9.16. The third-order valence-electron chi connectivity index (χ3n) is 5.94. The summed E-state index contributed by atoms with van der Waals surface area (Å²) in [5, 5.41) is 14.8. The van der Waals surface area contributed by atoms with Crippen LogP contribution in [0.3, 0.4) is 0 Å². The molecule has 0 aliphatic carbocycles. The average molecular weight is 499 g/mol. The van der Waals surface area contributed by atoms with E-state index in [1.54, 1.807) is 13.8 Å². The minimum Gasteiger partial charge on any atom is -0.480 e. The maximum Gasteiger partial charge on any atom is 0.326 e. The molecule has 11 N–H and O–H groups in total. The molecular weight excluding hydrogens is 456 g/mol. The Morgan fingerprint density at radius 2 is 1.74 bits per heavy atom. The minimum atomic E-state index is -1.07. The summed E-state index contributed by atoms with van der Waals surface area (Å²) in [6.07, 6.45) is 3.38. The van der Waals surface area contributed by atoms with Crippen LogP contribution in [0, 0.1) is 5.92 Å². The maximum absolute atomic E-state index is 13.2. The van der Waals surface area contributed by atoms with Crippen molar-refractivity contribution in [3.63, 3.8) is 0 Å². The summed E-state index contributed by atoms with van der Waals surface area (Å²) in [6.45, 7) is 4.58. The van der Waals surface area contributed by atoms with Crippen molar-refractivity contribution in [2.45, 2.75) is 83.0 Å². The number of aliphatic carboxylic acids is 1. The summed E-state index contributed by atoms with van der Waals surface area (Å²) < 4.78 is 0. The maximum atomic E-state index is 13.2. The smallest absolute Gasteiger partial charge is 0.326 e. The first-order valence-electron chi connectivity index (χ1n) is 12.1. The van der Waals surface area contributed by atoms with Gasteiger partial charge in [-0.1, -0.05) is 20.3 Å². The Hall–Kier alpha value is -2.93. The van der Waals surface area contributed by atoms with Crippen LogP contribution in [0.4, 0.5) is 0 Å². The van der Waals surface area contributed by atoms with Crippen molar-refractivity contribution in [2.75, 3.05) is 19.6 Å². The number of rotatable bonds is 15. The SMILES string of the molecule is CC(C)[C@H](NC(=O)[C@H](CCCN=C(N)N)NC(=O)[C@@H](N)CCCCN)C(=O)N1CCC[C@H]1C(=O)O. The molecule has 0 aromatic carbocycles. The molecule has 1 aliphatic rings. The molecule has 200 valence electrons. The number of nitrogens with one attached hydrogen (secondary N) is 2. The quantitative estimate of drug-likeness (QED) is 0.0765. The highest BCUT2D eigenvalue weighted by atomic mass is 16.4. The van der Waals surface area contributed by atoms with Crippen LogP contribution in [0.2, 0.25) is 0 Å². The van der Waals surface area contributed by atoms with E-state index in [0.29, 0.717) is 45.2 Å². The predicted molar refractivity (Wildman–Crippen MR) is 132 cm³/mol. The molecule has 0 bridgehead atoms. The largest absolute Gasteiger partial charge is 0.480 e. The van der Waals surface area contributed by atoms with E-state index in [1.807, 2.05) is 0 Å². The number of likely N-dealkylation sites (tertiary alicyclic amines) is 1. The van der Waals surface area contributed by atoms with Gasteiger partial charge in [-0.15, -0.1) is 0 Å². The lowest BCUT2D eigenvalue weighted by Gasteiger charge is -2.30. The van der Waals surface area contributed by atoms with Crippen molar-refractivity contribution in [3.05, 3.63) is 0 Å². The highest BCUT2D eigenvalue weighted by Crippen LogP contribution is 2.20. The van der Waals surface area contributed by atoms with Crippen LogP contribution in [0.15, 0.2) is 4.99 Å². The predicted octanol–water partition coefficient (Wildman–Crippen LogP) is -1.80. The lowest BCUT2D eigenvalue weighted by atomic mass is 10.0. The van der Waals surface area contributed by atoms with Gasteiger partial charge < -0.3 is 43.6 Å². The molecule has 1 heterocycles. The number of guanidine groups is 1.